The van der Waals surface area contributed by atoms with E-state index in [9.17, 15) is 31.4 Å². The number of thiophene rings is 1. The van der Waals surface area contributed by atoms with E-state index < -0.39 is 29.1 Å². The van der Waals surface area contributed by atoms with Crippen molar-refractivity contribution in [1.82, 2.24) is 0 Å². The molecule has 0 bridgehead atoms. The second-order valence-corrected chi connectivity index (χ2v) is 5.52. The van der Waals surface area contributed by atoms with Crippen LogP contribution in [0.3, 0.4) is 0 Å². The SMILES string of the molecule is OC(/C=C/c1ccc(F)cc1)(c1ccsc1)C(F)(F)C(F)(F)F. The number of halogens is 6. The van der Waals surface area contributed by atoms with Crippen molar-refractivity contribution in [2.75, 3.05) is 0 Å². The Morgan fingerprint density at radius 3 is 2.04 bits per heavy atom. The van der Waals surface area contributed by atoms with Crippen LogP contribution in [0.25, 0.3) is 6.08 Å². The van der Waals surface area contributed by atoms with Crippen molar-refractivity contribution >= 4 is 17.4 Å². The summed E-state index contributed by atoms with van der Waals surface area (Å²) in [5.74, 6) is -5.99. The van der Waals surface area contributed by atoms with Gasteiger partial charge >= 0.3 is 12.1 Å². The minimum absolute atomic E-state index is 0.165. The minimum Gasteiger partial charge on any atom is -0.375 e. The van der Waals surface area contributed by atoms with Crippen LogP contribution in [-0.2, 0) is 5.60 Å². The fourth-order valence-electron chi connectivity index (χ4n) is 1.87. The molecule has 0 aliphatic carbocycles. The first-order chi connectivity index (χ1) is 10.6. The first kappa shape index (κ1) is 17.6. The lowest BCUT2D eigenvalue weighted by molar-refractivity contribution is -0.334. The largest absolute Gasteiger partial charge is 0.457 e. The summed E-state index contributed by atoms with van der Waals surface area (Å²) in [6.45, 7) is 0. The van der Waals surface area contributed by atoms with Crippen molar-refractivity contribution in [1.29, 1.82) is 0 Å². The second kappa shape index (κ2) is 6.01. The number of aliphatic hydroxyl groups is 1. The van der Waals surface area contributed by atoms with Gasteiger partial charge < -0.3 is 5.11 Å². The Morgan fingerprint density at radius 2 is 1.57 bits per heavy atom. The second-order valence-electron chi connectivity index (χ2n) is 4.74. The maximum Gasteiger partial charge on any atom is 0.457 e. The Kier molecular flexibility index (Phi) is 4.59. The third-order valence-corrected chi connectivity index (χ3v) is 3.87. The molecule has 1 atom stereocenters. The van der Waals surface area contributed by atoms with Crippen LogP contribution >= 0.6 is 11.3 Å². The summed E-state index contributed by atoms with van der Waals surface area (Å²) in [6.07, 6.45) is -4.69. The van der Waals surface area contributed by atoms with E-state index in [0.29, 0.717) is 6.08 Å². The summed E-state index contributed by atoms with van der Waals surface area (Å²) >= 11 is 0.873. The normalized spacial score (nSPS) is 15.8. The van der Waals surface area contributed by atoms with E-state index in [-0.39, 0.29) is 5.56 Å². The average Bonchev–Trinajstić information content (AvgIpc) is 2.99. The summed E-state index contributed by atoms with van der Waals surface area (Å²) < 4.78 is 78.6. The third-order valence-electron chi connectivity index (χ3n) is 3.18. The van der Waals surface area contributed by atoms with Gasteiger partial charge in [-0.3, -0.25) is 0 Å². The highest BCUT2D eigenvalue weighted by atomic mass is 32.1. The molecule has 1 nitrogen and oxygen atoms in total. The maximum atomic E-state index is 13.8. The predicted octanol–water partition coefficient (Wildman–Crippen LogP) is 4.99. The minimum atomic E-state index is -5.95. The summed E-state index contributed by atoms with van der Waals surface area (Å²) in [5.41, 5.74) is -3.99. The molecular formula is C15H10F6OS. The van der Waals surface area contributed by atoms with Crippen molar-refractivity contribution in [3.63, 3.8) is 0 Å². The fraction of sp³-hybridized carbons (Fsp3) is 0.200. The van der Waals surface area contributed by atoms with Gasteiger partial charge in [-0.15, -0.1) is 0 Å². The van der Waals surface area contributed by atoms with Gasteiger partial charge in [0.15, 0.2) is 5.60 Å². The molecule has 1 unspecified atom stereocenters. The van der Waals surface area contributed by atoms with E-state index in [4.69, 9.17) is 0 Å². The average molecular weight is 352 g/mol. The first-order valence-electron chi connectivity index (χ1n) is 6.22. The van der Waals surface area contributed by atoms with E-state index in [2.05, 4.69) is 0 Å². The molecule has 0 spiro atoms. The van der Waals surface area contributed by atoms with E-state index in [0.717, 1.165) is 41.0 Å². The van der Waals surface area contributed by atoms with Crippen LogP contribution in [-0.4, -0.2) is 17.2 Å². The number of hydrogen-bond donors (Lipinski definition) is 1. The molecule has 1 N–H and O–H groups in total. The molecule has 0 radical (unpaired) electrons. The van der Waals surface area contributed by atoms with Crippen molar-refractivity contribution < 1.29 is 31.4 Å². The van der Waals surface area contributed by atoms with E-state index in [1.54, 1.807) is 0 Å². The molecule has 1 aromatic heterocycles. The molecule has 0 amide bonds. The van der Waals surface area contributed by atoms with E-state index >= 15 is 0 Å². The van der Waals surface area contributed by atoms with Crippen molar-refractivity contribution in [2.45, 2.75) is 17.7 Å². The molecule has 124 valence electrons. The molecule has 8 heteroatoms. The quantitative estimate of drug-likeness (QED) is 0.769. The molecule has 23 heavy (non-hydrogen) atoms. The molecule has 0 aliphatic rings. The number of hydrogen-bond acceptors (Lipinski definition) is 2. The highest BCUT2D eigenvalue weighted by Crippen LogP contribution is 2.49. The highest BCUT2D eigenvalue weighted by Gasteiger charge is 2.69. The van der Waals surface area contributed by atoms with Gasteiger partial charge in [0.05, 0.1) is 0 Å². The van der Waals surface area contributed by atoms with Gasteiger partial charge in [0.25, 0.3) is 0 Å². The molecule has 0 saturated heterocycles. The van der Waals surface area contributed by atoms with Gasteiger partial charge in [0.2, 0.25) is 0 Å². The topological polar surface area (TPSA) is 20.2 Å². The smallest absolute Gasteiger partial charge is 0.375 e. The Balaban J connectivity index is 2.49. The first-order valence-corrected chi connectivity index (χ1v) is 7.16. The molecule has 1 aromatic carbocycles. The van der Waals surface area contributed by atoms with Crippen LogP contribution in [0.2, 0.25) is 0 Å². The monoisotopic (exact) mass is 352 g/mol. The van der Waals surface area contributed by atoms with Crippen LogP contribution in [0, 0.1) is 5.82 Å². The molecule has 2 aromatic rings. The Morgan fingerprint density at radius 1 is 0.957 bits per heavy atom. The lowest BCUT2D eigenvalue weighted by Crippen LogP contribution is -2.53. The van der Waals surface area contributed by atoms with Gasteiger partial charge in [-0.1, -0.05) is 18.2 Å². The van der Waals surface area contributed by atoms with Crippen LogP contribution in [0.15, 0.2) is 47.2 Å². The van der Waals surface area contributed by atoms with E-state index in [1.807, 2.05) is 0 Å². The van der Waals surface area contributed by atoms with Crippen molar-refractivity contribution in [3.05, 3.63) is 64.1 Å². The van der Waals surface area contributed by atoms with Gasteiger partial charge in [-0.05, 0) is 40.6 Å². The Bertz CT molecular complexity index is 675. The molecule has 0 aliphatic heterocycles. The van der Waals surface area contributed by atoms with Gasteiger partial charge in [0, 0.05) is 5.56 Å². The molecular weight excluding hydrogens is 342 g/mol. The van der Waals surface area contributed by atoms with Crippen LogP contribution < -0.4 is 0 Å². The lowest BCUT2D eigenvalue weighted by atomic mass is 9.87. The van der Waals surface area contributed by atoms with Gasteiger partial charge in [-0.2, -0.15) is 33.3 Å². The van der Waals surface area contributed by atoms with Crippen LogP contribution in [0.5, 0.6) is 0 Å². The zero-order chi connectivity index (χ0) is 17.3. The lowest BCUT2D eigenvalue weighted by Gasteiger charge is -2.34. The van der Waals surface area contributed by atoms with Gasteiger partial charge in [-0.25, -0.2) is 4.39 Å². The van der Waals surface area contributed by atoms with E-state index in [1.165, 1.54) is 17.5 Å². The number of rotatable bonds is 4. The molecule has 0 saturated carbocycles. The zero-order valence-electron chi connectivity index (χ0n) is 11.3. The van der Waals surface area contributed by atoms with Crippen LogP contribution in [0.1, 0.15) is 11.1 Å². The standard InChI is InChI=1S/C15H10F6OS/c16-12-3-1-10(2-4-12)5-7-13(22,11-6-8-23-9-11)14(17,18)15(19,20)21/h1-9,22H/b7-5+. The highest BCUT2D eigenvalue weighted by molar-refractivity contribution is 7.08. The van der Waals surface area contributed by atoms with Crippen molar-refractivity contribution in [2.24, 2.45) is 0 Å². The molecule has 1 heterocycles. The number of benzene rings is 1. The summed E-state index contributed by atoms with van der Waals surface area (Å²) in [4.78, 5) is 0. The summed E-state index contributed by atoms with van der Waals surface area (Å²) in [7, 11) is 0. The third kappa shape index (κ3) is 3.28. The predicted molar refractivity (Wildman–Crippen MR) is 74.7 cm³/mol. The molecule has 2 rings (SSSR count). The van der Waals surface area contributed by atoms with Crippen molar-refractivity contribution in [3.8, 4) is 0 Å². The summed E-state index contributed by atoms with van der Waals surface area (Å²) in [6, 6.07) is 5.40. The summed E-state index contributed by atoms with van der Waals surface area (Å²) in [5, 5.41) is 12.4. The Labute approximate surface area is 131 Å². The van der Waals surface area contributed by atoms with Gasteiger partial charge in [0.1, 0.15) is 5.82 Å². The molecule has 0 fully saturated rings. The maximum absolute atomic E-state index is 13.8. The Hall–Kier alpha value is -1.80. The van der Waals surface area contributed by atoms with Crippen LogP contribution in [0.4, 0.5) is 26.3 Å². The number of alkyl halides is 5. The zero-order valence-corrected chi connectivity index (χ0v) is 12.1. The fourth-order valence-corrected chi connectivity index (χ4v) is 2.58.